The standard InChI is InChI=1S/C15H12BrF3O/c16-13-5-4-11(17)6-10(13)8-12(20)7-9-2-1-3-14(18)15(9)19/h1-6,12,20H,7-8H2. The molecule has 20 heavy (non-hydrogen) atoms. The summed E-state index contributed by atoms with van der Waals surface area (Å²) < 4.78 is 40.3. The van der Waals surface area contributed by atoms with Crippen LogP contribution in [0.15, 0.2) is 40.9 Å². The largest absolute Gasteiger partial charge is 0.392 e. The minimum absolute atomic E-state index is 0.0352. The molecule has 0 fully saturated rings. The molecule has 2 rings (SSSR count). The monoisotopic (exact) mass is 344 g/mol. The Morgan fingerprint density at radius 2 is 1.70 bits per heavy atom. The maximum Gasteiger partial charge on any atom is 0.162 e. The molecule has 0 radical (unpaired) electrons. The van der Waals surface area contributed by atoms with Crippen molar-refractivity contribution in [1.29, 1.82) is 0 Å². The van der Waals surface area contributed by atoms with Gasteiger partial charge in [0.15, 0.2) is 11.6 Å². The van der Waals surface area contributed by atoms with Crippen molar-refractivity contribution in [2.45, 2.75) is 18.9 Å². The van der Waals surface area contributed by atoms with Crippen LogP contribution in [0.2, 0.25) is 0 Å². The fourth-order valence-corrected chi connectivity index (χ4v) is 2.39. The average molecular weight is 345 g/mol. The van der Waals surface area contributed by atoms with Crippen molar-refractivity contribution < 1.29 is 18.3 Å². The SMILES string of the molecule is OC(Cc1cc(F)ccc1Br)Cc1cccc(F)c1F. The molecule has 1 unspecified atom stereocenters. The third kappa shape index (κ3) is 3.61. The lowest BCUT2D eigenvalue weighted by Gasteiger charge is -2.13. The van der Waals surface area contributed by atoms with E-state index < -0.39 is 23.6 Å². The van der Waals surface area contributed by atoms with Gasteiger partial charge < -0.3 is 5.11 Å². The molecule has 0 amide bonds. The van der Waals surface area contributed by atoms with Crippen LogP contribution < -0.4 is 0 Å². The molecule has 0 aromatic heterocycles. The lowest BCUT2D eigenvalue weighted by molar-refractivity contribution is 0.173. The number of hydrogen-bond acceptors (Lipinski definition) is 1. The Bertz CT molecular complexity index is 612. The Kier molecular flexibility index (Phi) is 4.83. The smallest absolute Gasteiger partial charge is 0.162 e. The highest BCUT2D eigenvalue weighted by molar-refractivity contribution is 9.10. The molecule has 0 aliphatic carbocycles. The van der Waals surface area contributed by atoms with Crippen LogP contribution in [-0.4, -0.2) is 11.2 Å². The third-order valence-corrected chi connectivity index (χ3v) is 3.72. The van der Waals surface area contributed by atoms with Crippen molar-refractivity contribution in [2.75, 3.05) is 0 Å². The van der Waals surface area contributed by atoms with Crippen molar-refractivity contribution in [2.24, 2.45) is 0 Å². The van der Waals surface area contributed by atoms with Gasteiger partial charge in [-0.2, -0.15) is 0 Å². The number of halogens is 4. The van der Waals surface area contributed by atoms with Crippen molar-refractivity contribution >= 4 is 15.9 Å². The van der Waals surface area contributed by atoms with Crippen LogP contribution in [0, 0.1) is 17.5 Å². The molecule has 0 aliphatic rings. The van der Waals surface area contributed by atoms with Gasteiger partial charge in [0.1, 0.15) is 5.82 Å². The number of aliphatic hydroxyl groups is 1. The second-order valence-electron chi connectivity index (χ2n) is 4.51. The molecule has 1 N–H and O–H groups in total. The van der Waals surface area contributed by atoms with Gasteiger partial charge in [-0.15, -0.1) is 0 Å². The van der Waals surface area contributed by atoms with E-state index in [-0.39, 0.29) is 18.4 Å². The van der Waals surface area contributed by atoms with Crippen LogP contribution in [-0.2, 0) is 12.8 Å². The van der Waals surface area contributed by atoms with Gasteiger partial charge in [-0.05, 0) is 41.8 Å². The molecule has 0 heterocycles. The Hall–Kier alpha value is -1.33. The van der Waals surface area contributed by atoms with Crippen molar-refractivity contribution in [3.63, 3.8) is 0 Å². The molecule has 2 aromatic rings. The van der Waals surface area contributed by atoms with Crippen LogP contribution in [0.5, 0.6) is 0 Å². The fourth-order valence-electron chi connectivity index (χ4n) is 1.99. The highest BCUT2D eigenvalue weighted by Crippen LogP contribution is 2.21. The van der Waals surface area contributed by atoms with Crippen molar-refractivity contribution in [1.82, 2.24) is 0 Å². The average Bonchev–Trinajstić information content (AvgIpc) is 2.39. The number of benzene rings is 2. The van der Waals surface area contributed by atoms with Gasteiger partial charge in [0.25, 0.3) is 0 Å². The summed E-state index contributed by atoms with van der Waals surface area (Å²) in [6.07, 6.45) is -0.815. The van der Waals surface area contributed by atoms with E-state index >= 15 is 0 Å². The van der Waals surface area contributed by atoms with Crippen LogP contribution in [0.25, 0.3) is 0 Å². The van der Waals surface area contributed by atoms with E-state index in [1.54, 1.807) is 6.07 Å². The second kappa shape index (κ2) is 6.41. The zero-order valence-electron chi connectivity index (χ0n) is 10.4. The highest BCUT2D eigenvalue weighted by atomic mass is 79.9. The molecule has 1 nitrogen and oxygen atoms in total. The van der Waals surface area contributed by atoms with Crippen LogP contribution >= 0.6 is 15.9 Å². The predicted molar refractivity (Wildman–Crippen MR) is 73.9 cm³/mol. The lowest BCUT2D eigenvalue weighted by Crippen LogP contribution is -2.15. The quantitative estimate of drug-likeness (QED) is 0.888. The van der Waals surface area contributed by atoms with E-state index in [4.69, 9.17) is 0 Å². The van der Waals surface area contributed by atoms with Gasteiger partial charge in [0.05, 0.1) is 6.10 Å². The first-order valence-corrected chi connectivity index (χ1v) is 6.81. The van der Waals surface area contributed by atoms with Gasteiger partial charge in [-0.25, -0.2) is 13.2 Å². The molecule has 1 atom stereocenters. The molecule has 0 aliphatic heterocycles. The zero-order chi connectivity index (χ0) is 14.7. The molecular weight excluding hydrogens is 333 g/mol. The summed E-state index contributed by atoms with van der Waals surface area (Å²) in [5, 5.41) is 9.95. The Labute approximate surface area is 123 Å². The summed E-state index contributed by atoms with van der Waals surface area (Å²) in [6, 6.07) is 7.97. The molecule has 0 bridgehead atoms. The predicted octanol–water partition coefficient (Wildman–Crippen LogP) is 4.01. The summed E-state index contributed by atoms with van der Waals surface area (Å²) in [5.74, 6) is -2.31. The Balaban J connectivity index is 2.11. The number of rotatable bonds is 4. The normalized spacial score (nSPS) is 12.4. The topological polar surface area (TPSA) is 20.2 Å². The first-order valence-electron chi connectivity index (χ1n) is 6.02. The summed E-state index contributed by atoms with van der Waals surface area (Å²) in [5.41, 5.74) is 0.680. The molecule has 5 heteroatoms. The Morgan fingerprint density at radius 3 is 2.45 bits per heavy atom. The van der Waals surface area contributed by atoms with E-state index in [9.17, 15) is 18.3 Å². The van der Waals surface area contributed by atoms with Gasteiger partial charge in [0.2, 0.25) is 0 Å². The van der Waals surface area contributed by atoms with Crippen LogP contribution in [0.1, 0.15) is 11.1 Å². The molecular formula is C15H12BrF3O. The van der Waals surface area contributed by atoms with E-state index in [0.29, 0.717) is 10.0 Å². The second-order valence-corrected chi connectivity index (χ2v) is 5.37. The summed E-state index contributed by atoms with van der Waals surface area (Å²) in [4.78, 5) is 0. The Morgan fingerprint density at radius 1 is 1.00 bits per heavy atom. The highest BCUT2D eigenvalue weighted by Gasteiger charge is 2.14. The van der Waals surface area contributed by atoms with E-state index in [2.05, 4.69) is 15.9 Å². The first kappa shape index (κ1) is 15.1. The zero-order valence-corrected chi connectivity index (χ0v) is 12.0. The summed E-state index contributed by atoms with van der Waals surface area (Å²) >= 11 is 3.26. The molecule has 0 saturated heterocycles. The van der Waals surface area contributed by atoms with Gasteiger partial charge in [-0.3, -0.25) is 0 Å². The first-order chi connectivity index (χ1) is 9.47. The van der Waals surface area contributed by atoms with Crippen molar-refractivity contribution in [3.05, 3.63) is 69.4 Å². The molecule has 0 saturated carbocycles. The fraction of sp³-hybridized carbons (Fsp3) is 0.200. The minimum Gasteiger partial charge on any atom is -0.392 e. The van der Waals surface area contributed by atoms with Crippen LogP contribution in [0.3, 0.4) is 0 Å². The summed E-state index contributed by atoms with van der Waals surface area (Å²) in [6.45, 7) is 0. The van der Waals surface area contributed by atoms with Crippen LogP contribution in [0.4, 0.5) is 13.2 Å². The maximum atomic E-state index is 13.5. The lowest BCUT2D eigenvalue weighted by atomic mass is 10.0. The molecule has 2 aromatic carbocycles. The van der Waals surface area contributed by atoms with Crippen molar-refractivity contribution in [3.8, 4) is 0 Å². The molecule has 0 spiro atoms. The maximum absolute atomic E-state index is 13.5. The third-order valence-electron chi connectivity index (χ3n) is 2.95. The number of hydrogen-bond donors (Lipinski definition) is 1. The van der Waals surface area contributed by atoms with Gasteiger partial charge >= 0.3 is 0 Å². The van der Waals surface area contributed by atoms with Gasteiger partial charge in [0, 0.05) is 10.9 Å². The number of aliphatic hydroxyl groups excluding tert-OH is 1. The summed E-state index contributed by atoms with van der Waals surface area (Å²) in [7, 11) is 0. The van der Waals surface area contributed by atoms with E-state index in [0.717, 1.165) is 6.07 Å². The minimum atomic E-state index is -0.954. The van der Waals surface area contributed by atoms with E-state index in [1.807, 2.05) is 0 Å². The van der Waals surface area contributed by atoms with E-state index in [1.165, 1.54) is 24.3 Å². The molecule has 106 valence electrons. The van der Waals surface area contributed by atoms with Gasteiger partial charge in [-0.1, -0.05) is 28.1 Å².